The van der Waals surface area contributed by atoms with E-state index in [0.29, 0.717) is 11.7 Å². The maximum Gasteiger partial charge on any atom is 0.244 e. The Morgan fingerprint density at radius 1 is 1.42 bits per heavy atom. The summed E-state index contributed by atoms with van der Waals surface area (Å²) in [5.74, 6) is 0.864. The van der Waals surface area contributed by atoms with Crippen molar-refractivity contribution in [2.75, 3.05) is 0 Å². The lowest BCUT2D eigenvalue weighted by Crippen LogP contribution is -2.18. The third-order valence-electron chi connectivity index (χ3n) is 3.41. The highest BCUT2D eigenvalue weighted by atomic mass is 19.1. The van der Waals surface area contributed by atoms with Crippen LogP contribution in [0.5, 0.6) is 0 Å². The van der Waals surface area contributed by atoms with E-state index in [4.69, 9.17) is 10.3 Å². The Morgan fingerprint density at radius 2 is 2.16 bits per heavy atom. The lowest BCUT2D eigenvalue weighted by atomic mass is 10.0. The van der Waals surface area contributed by atoms with E-state index in [1.54, 1.807) is 6.07 Å². The molecule has 0 aliphatic heterocycles. The molecule has 0 amide bonds. The van der Waals surface area contributed by atoms with Gasteiger partial charge in [-0.05, 0) is 36.6 Å². The molecule has 2 unspecified atom stereocenters. The van der Waals surface area contributed by atoms with E-state index < -0.39 is 0 Å². The van der Waals surface area contributed by atoms with Gasteiger partial charge in [0, 0.05) is 5.56 Å². The molecule has 2 atom stereocenters. The van der Waals surface area contributed by atoms with Gasteiger partial charge in [0.05, 0.1) is 6.04 Å². The second kappa shape index (κ2) is 5.48. The van der Waals surface area contributed by atoms with Crippen molar-refractivity contribution in [2.24, 2.45) is 11.7 Å². The zero-order chi connectivity index (χ0) is 14.0. The lowest BCUT2D eigenvalue weighted by Gasteiger charge is -2.13. The van der Waals surface area contributed by atoms with Crippen LogP contribution in [0.2, 0.25) is 0 Å². The van der Waals surface area contributed by atoms with Crippen LogP contribution in [0.3, 0.4) is 0 Å². The van der Waals surface area contributed by atoms with Crippen LogP contribution in [0.15, 0.2) is 22.7 Å². The normalized spacial score (nSPS) is 14.4. The molecule has 0 fully saturated rings. The van der Waals surface area contributed by atoms with E-state index in [9.17, 15) is 4.39 Å². The fourth-order valence-corrected chi connectivity index (χ4v) is 1.86. The van der Waals surface area contributed by atoms with Gasteiger partial charge in [0.25, 0.3) is 0 Å². The van der Waals surface area contributed by atoms with Gasteiger partial charge in [0.2, 0.25) is 11.7 Å². The molecule has 1 aromatic heterocycles. The highest BCUT2D eigenvalue weighted by Gasteiger charge is 2.21. The fourth-order valence-electron chi connectivity index (χ4n) is 1.86. The first-order chi connectivity index (χ1) is 9.02. The molecule has 5 heteroatoms. The summed E-state index contributed by atoms with van der Waals surface area (Å²) in [6.07, 6.45) is 0.939. The summed E-state index contributed by atoms with van der Waals surface area (Å²) in [6, 6.07) is 4.20. The summed E-state index contributed by atoms with van der Waals surface area (Å²) in [6.45, 7) is 5.91. The van der Waals surface area contributed by atoms with Gasteiger partial charge in [-0.25, -0.2) is 4.39 Å². The van der Waals surface area contributed by atoms with E-state index in [2.05, 4.69) is 17.1 Å². The average Bonchev–Trinajstić information content (AvgIpc) is 2.86. The number of hydrogen-bond acceptors (Lipinski definition) is 4. The molecule has 0 saturated heterocycles. The number of rotatable bonds is 4. The monoisotopic (exact) mass is 263 g/mol. The van der Waals surface area contributed by atoms with Gasteiger partial charge in [-0.15, -0.1) is 0 Å². The van der Waals surface area contributed by atoms with E-state index in [1.807, 2.05) is 13.8 Å². The predicted molar refractivity (Wildman–Crippen MR) is 70.8 cm³/mol. The molecule has 0 bridgehead atoms. The minimum Gasteiger partial charge on any atom is -0.337 e. The zero-order valence-electron chi connectivity index (χ0n) is 11.4. The molecule has 1 aromatic carbocycles. The van der Waals surface area contributed by atoms with Crippen LogP contribution < -0.4 is 5.73 Å². The Balaban J connectivity index is 2.30. The molecule has 2 N–H and O–H groups in total. The molecule has 0 spiro atoms. The van der Waals surface area contributed by atoms with E-state index in [1.165, 1.54) is 12.1 Å². The highest BCUT2D eigenvalue weighted by Crippen LogP contribution is 2.25. The summed E-state index contributed by atoms with van der Waals surface area (Å²) >= 11 is 0. The largest absolute Gasteiger partial charge is 0.337 e. The van der Waals surface area contributed by atoms with Crippen LogP contribution in [0.1, 0.15) is 37.8 Å². The highest BCUT2D eigenvalue weighted by molar-refractivity contribution is 5.59. The summed E-state index contributed by atoms with van der Waals surface area (Å²) in [7, 11) is 0. The molecular weight excluding hydrogens is 245 g/mol. The van der Waals surface area contributed by atoms with Gasteiger partial charge in [-0.2, -0.15) is 4.98 Å². The van der Waals surface area contributed by atoms with Crippen LogP contribution in [-0.2, 0) is 0 Å². The fraction of sp³-hybridized carbons (Fsp3) is 0.429. The van der Waals surface area contributed by atoms with Crippen molar-refractivity contribution < 1.29 is 8.91 Å². The number of hydrogen-bond donors (Lipinski definition) is 1. The number of benzene rings is 1. The smallest absolute Gasteiger partial charge is 0.244 e. The molecule has 102 valence electrons. The predicted octanol–water partition coefficient (Wildman–Crippen LogP) is 3.23. The van der Waals surface area contributed by atoms with Crippen LogP contribution in [0.25, 0.3) is 11.4 Å². The molecule has 0 radical (unpaired) electrons. The third-order valence-corrected chi connectivity index (χ3v) is 3.41. The van der Waals surface area contributed by atoms with Crippen molar-refractivity contribution in [3.8, 4) is 11.4 Å². The number of aromatic nitrogens is 2. The number of aryl methyl sites for hydroxylation is 1. The first-order valence-corrected chi connectivity index (χ1v) is 6.38. The second-order valence-corrected chi connectivity index (χ2v) is 4.83. The summed E-state index contributed by atoms with van der Waals surface area (Å²) in [5.41, 5.74) is 7.57. The molecule has 0 aliphatic carbocycles. The minimum atomic E-state index is -0.277. The van der Waals surface area contributed by atoms with Gasteiger partial charge >= 0.3 is 0 Å². The molecule has 4 nitrogen and oxygen atoms in total. The SMILES string of the molecule is CCC(C)C(N)c1nc(-c2ccc(F)cc2C)no1. The molecule has 2 aromatic rings. The second-order valence-electron chi connectivity index (χ2n) is 4.83. The van der Waals surface area contributed by atoms with Crippen molar-refractivity contribution >= 4 is 0 Å². The first-order valence-electron chi connectivity index (χ1n) is 6.38. The van der Waals surface area contributed by atoms with E-state index in [-0.39, 0.29) is 17.8 Å². The first kappa shape index (κ1) is 13.7. The van der Waals surface area contributed by atoms with Crippen molar-refractivity contribution in [3.63, 3.8) is 0 Å². The molecule has 1 heterocycles. The Morgan fingerprint density at radius 3 is 2.79 bits per heavy atom. The van der Waals surface area contributed by atoms with Gasteiger partial charge in [0.15, 0.2) is 0 Å². The number of nitrogens with two attached hydrogens (primary N) is 1. The number of nitrogens with zero attached hydrogens (tertiary/aromatic N) is 2. The van der Waals surface area contributed by atoms with Gasteiger partial charge in [-0.1, -0.05) is 25.4 Å². The standard InChI is InChI=1S/C14H18FN3O/c1-4-8(2)12(16)14-17-13(18-19-14)11-6-5-10(15)7-9(11)3/h5-8,12H,4,16H2,1-3H3. The zero-order valence-corrected chi connectivity index (χ0v) is 11.4. The van der Waals surface area contributed by atoms with E-state index >= 15 is 0 Å². The molecule has 0 saturated carbocycles. The Kier molecular flexibility index (Phi) is 3.95. The molecule has 0 aliphatic rings. The summed E-state index contributed by atoms with van der Waals surface area (Å²) in [4.78, 5) is 4.31. The van der Waals surface area contributed by atoms with Crippen molar-refractivity contribution in [1.82, 2.24) is 10.1 Å². The van der Waals surface area contributed by atoms with Crippen LogP contribution in [0.4, 0.5) is 4.39 Å². The molecule has 19 heavy (non-hydrogen) atoms. The summed E-state index contributed by atoms with van der Waals surface area (Å²) < 4.78 is 18.3. The maximum atomic E-state index is 13.1. The van der Waals surface area contributed by atoms with Crippen molar-refractivity contribution in [2.45, 2.75) is 33.2 Å². The minimum absolute atomic E-state index is 0.266. The average molecular weight is 263 g/mol. The van der Waals surface area contributed by atoms with Gasteiger partial charge in [-0.3, -0.25) is 0 Å². The van der Waals surface area contributed by atoms with Crippen LogP contribution in [-0.4, -0.2) is 10.1 Å². The van der Waals surface area contributed by atoms with E-state index in [0.717, 1.165) is 17.5 Å². The molecular formula is C14H18FN3O. The lowest BCUT2D eigenvalue weighted by molar-refractivity contribution is 0.312. The van der Waals surface area contributed by atoms with Crippen LogP contribution in [0, 0.1) is 18.7 Å². The molecule has 2 rings (SSSR count). The number of halogens is 1. The van der Waals surface area contributed by atoms with Crippen molar-refractivity contribution in [3.05, 3.63) is 35.5 Å². The van der Waals surface area contributed by atoms with Crippen LogP contribution >= 0.6 is 0 Å². The summed E-state index contributed by atoms with van der Waals surface area (Å²) in [5, 5.41) is 3.93. The Hall–Kier alpha value is -1.75. The third kappa shape index (κ3) is 2.81. The Bertz CT molecular complexity index is 568. The quantitative estimate of drug-likeness (QED) is 0.919. The Labute approximate surface area is 111 Å². The van der Waals surface area contributed by atoms with Crippen molar-refractivity contribution in [1.29, 1.82) is 0 Å². The maximum absolute atomic E-state index is 13.1. The topological polar surface area (TPSA) is 64.9 Å². The van der Waals surface area contributed by atoms with Gasteiger partial charge < -0.3 is 10.3 Å². The van der Waals surface area contributed by atoms with Gasteiger partial charge in [0.1, 0.15) is 5.82 Å².